The first-order chi connectivity index (χ1) is 12.8. The Kier molecular flexibility index (Phi) is 4.62. The summed E-state index contributed by atoms with van der Waals surface area (Å²) in [5, 5.41) is 4.47. The van der Waals surface area contributed by atoms with Gasteiger partial charge in [0.2, 0.25) is 0 Å². The molecule has 4 aromatic rings. The topological polar surface area (TPSA) is 61.7 Å². The van der Waals surface area contributed by atoms with Gasteiger partial charge in [-0.2, -0.15) is 5.10 Å². The average molecular weight is 343 g/mol. The lowest BCUT2D eigenvalue weighted by Gasteiger charge is -2.08. The number of hydrogen-bond acceptors (Lipinski definition) is 3. The molecule has 0 fully saturated rings. The molecule has 0 saturated carbocycles. The number of para-hydroxylation sites is 1. The van der Waals surface area contributed by atoms with Gasteiger partial charge in [-0.25, -0.2) is 9.67 Å². The van der Waals surface area contributed by atoms with E-state index in [1.54, 1.807) is 0 Å². The molecule has 4 rings (SSSR count). The number of rotatable bonds is 6. The Balaban J connectivity index is 1.49. The Morgan fingerprint density at radius 3 is 2.42 bits per heavy atom. The third-order valence-electron chi connectivity index (χ3n) is 4.43. The van der Waals surface area contributed by atoms with E-state index in [-0.39, 0.29) is 0 Å². The largest absolute Gasteiger partial charge is 0.330 e. The molecule has 0 aliphatic carbocycles. The van der Waals surface area contributed by atoms with Crippen LogP contribution >= 0.6 is 0 Å². The van der Waals surface area contributed by atoms with Gasteiger partial charge in [0.1, 0.15) is 5.82 Å². The lowest BCUT2D eigenvalue weighted by molar-refractivity contribution is 0.740. The van der Waals surface area contributed by atoms with Crippen molar-refractivity contribution in [1.82, 2.24) is 19.3 Å². The van der Waals surface area contributed by atoms with Crippen molar-refractivity contribution in [2.24, 2.45) is 5.73 Å². The molecular weight excluding hydrogens is 322 g/mol. The highest BCUT2D eigenvalue weighted by Gasteiger charge is 2.08. The number of aromatic nitrogens is 4. The van der Waals surface area contributed by atoms with Gasteiger partial charge in [0.05, 0.1) is 11.9 Å². The minimum Gasteiger partial charge on any atom is -0.330 e. The Hall–Kier alpha value is -3.18. The van der Waals surface area contributed by atoms with Gasteiger partial charge in [0, 0.05) is 38.1 Å². The third kappa shape index (κ3) is 3.58. The molecule has 0 spiro atoms. The molecule has 2 heterocycles. The molecule has 0 aliphatic heterocycles. The van der Waals surface area contributed by atoms with Crippen molar-refractivity contribution in [1.29, 1.82) is 0 Å². The van der Waals surface area contributed by atoms with Crippen molar-refractivity contribution in [3.63, 3.8) is 0 Å². The van der Waals surface area contributed by atoms with Gasteiger partial charge in [-0.05, 0) is 28.8 Å². The molecule has 26 heavy (non-hydrogen) atoms. The quantitative estimate of drug-likeness (QED) is 0.585. The smallest absolute Gasteiger partial charge is 0.113 e. The Labute approximate surface area is 152 Å². The number of imidazole rings is 1. The van der Waals surface area contributed by atoms with Crippen LogP contribution in [0.2, 0.25) is 0 Å². The first-order valence-electron chi connectivity index (χ1n) is 8.69. The maximum atomic E-state index is 5.67. The highest BCUT2D eigenvalue weighted by Crippen LogP contribution is 2.13. The van der Waals surface area contributed by atoms with Crippen LogP contribution in [0.1, 0.15) is 22.5 Å². The minimum absolute atomic E-state index is 0.571. The maximum absolute atomic E-state index is 5.67. The highest BCUT2D eigenvalue weighted by atomic mass is 15.3. The van der Waals surface area contributed by atoms with Crippen molar-refractivity contribution in [2.45, 2.75) is 19.5 Å². The van der Waals surface area contributed by atoms with E-state index >= 15 is 0 Å². The van der Waals surface area contributed by atoms with E-state index in [1.165, 1.54) is 5.56 Å². The summed E-state index contributed by atoms with van der Waals surface area (Å²) in [6.07, 6.45) is 8.59. The molecule has 0 bridgehead atoms. The van der Waals surface area contributed by atoms with Crippen LogP contribution in [0.3, 0.4) is 0 Å². The zero-order valence-electron chi connectivity index (χ0n) is 14.5. The van der Waals surface area contributed by atoms with Gasteiger partial charge in [0.15, 0.2) is 0 Å². The summed E-state index contributed by atoms with van der Waals surface area (Å²) in [7, 11) is 0. The van der Waals surface area contributed by atoms with Crippen LogP contribution in [-0.4, -0.2) is 19.3 Å². The number of hydrogen-bond donors (Lipinski definition) is 1. The standard InChI is InChI=1S/C21H21N5/c22-13-17-6-8-18(9-7-17)15-25-11-10-23-21(25)12-19-14-24-26(16-19)20-4-2-1-3-5-20/h1-11,14,16H,12-13,15,22H2. The summed E-state index contributed by atoms with van der Waals surface area (Å²) < 4.78 is 4.07. The molecule has 0 atom stereocenters. The molecule has 130 valence electrons. The molecule has 5 nitrogen and oxygen atoms in total. The van der Waals surface area contributed by atoms with Crippen molar-refractivity contribution in [2.75, 3.05) is 0 Å². The Morgan fingerprint density at radius 1 is 0.885 bits per heavy atom. The molecule has 0 radical (unpaired) electrons. The van der Waals surface area contributed by atoms with E-state index in [2.05, 4.69) is 45.1 Å². The maximum Gasteiger partial charge on any atom is 0.113 e. The molecule has 0 unspecified atom stereocenters. The molecule has 0 amide bonds. The van der Waals surface area contributed by atoms with E-state index in [0.29, 0.717) is 6.54 Å². The van der Waals surface area contributed by atoms with E-state index in [9.17, 15) is 0 Å². The Bertz CT molecular complexity index is 967. The lowest BCUT2D eigenvalue weighted by Crippen LogP contribution is -2.05. The minimum atomic E-state index is 0.571. The van der Waals surface area contributed by atoms with Crippen LogP contribution in [0.25, 0.3) is 5.69 Å². The van der Waals surface area contributed by atoms with Gasteiger partial charge in [-0.15, -0.1) is 0 Å². The van der Waals surface area contributed by atoms with Gasteiger partial charge < -0.3 is 10.3 Å². The predicted octanol–water partition coefficient (Wildman–Crippen LogP) is 3.17. The molecule has 2 aromatic heterocycles. The van der Waals surface area contributed by atoms with Crippen LogP contribution in [0.15, 0.2) is 79.4 Å². The summed E-state index contributed by atoms with van der Waals surface area (Å²) in [5.41, 5.74) is 10.2. The van der Waals surface area contributed by atoms with Crippen molar-refractivity contribution < 1.29 is 0 Å². The van der Waals surface area contributed by atoms with E-state index in [0.717, 1.165) is 35.6 Å². The van der Waals surface area contributed by atoms with Crippen molar-refractivity contribution in [3.8, 4) is 5.69 Å². The second-order valence-electron chi connectivity index (χ2n) is 6.30. The molecule has 5 heteroatoms. The SMILES string of the molecule is NCc1ccc(Cn2ccnc2Cc2cnn(-c3ccccc3)c2)cc1. The van der Waals surface area contributed by atoms with Crippen molar-refractivity contribution >= 4 is 0 Å². The van der Waals surface area contributed by atoms with Crippen molar-refractivity contribution in [3.05, 3.63) is 102 Å². The molecule has 0 saturated heterocycles. The van der Waals surface area contributed by atoms with Gasteiger partial charge in [-0.1, -0.05) is 42.5 Å². The zero-order chi connectivity index (χ0) is 17.8. The summed E-state index contributed by atoms with van der Waals surface area (Å²) in [4.78, 5) is 4.53. The number of nitrogens with two attached hydrogens (primary N) is 1. The summed E-state index contributed by atoms with van der Waals surface area (Å²) >= 11 is 0. The number of nitrogens with zero attached hydrogens (tertiary/aromatic N) is 4. The number of benzene rings is 2. The monoisotopic (exact) mass is 343 g/mol. The predicted molar refractivity (Wildman–Crippen MR) is 102 cm³/mol. The summed E-state index contributed by atoms with van der Waals surface area (Å²) in [6.45, 7) is 1.37. The third-order valence-corrected chi connectivity index (χ3v) is 4.43. The van der Waals surface area contributed by atoms with Crippen LogP contribution in [0.4, 0.5) is 0 Å². The van der Waals surface area contributed by atoms with Gasteiger partial charge >= 0.3 is 0 Å². The van der Waals surface area contributed by atoms with Gasteiger partial charge in [-0.3, -0.25) is 0 Å². The van der Waals surface area contributed by atoms with E-state index < -0.39 is 0 Å². The normalized spacial score (nSPS) is 11.0. The first kappa shape index (κ1) is 16.3. The van der Waals surface area contributed by atoms with E-state index in [4.69, 9.17) is 5.73 Å². The molecule has 2 N–H and O–H groups in total. The van der Waals surface area contributed by atoms with Crippen LogP contribution in [0, 0.1) is 0 Å². The average Bonchev–Trinajstić information content (AvgIpc) is 3.33. The molecular formula is C21H21N5. The van der Waals surface area contributed by atoms with Gasteiger partial charge in [0.25, 0.3) is 0 Å². The second kappa shape index (κ2) is 7.37. The summed E-state index contributed by atoms with van der Waals surface area (Å²) in [6, 6.07) is 18.5. The summed E-state index contributed by atoms with van der Waals surface area (Å²) in [5.74, 6) is 1.03. The highest BCUT2D eigenvalue weighted by molar-refractivity contribution is 5.31. The fourth-order valence-electron chi connectivity index (χ4n) is 2.98. The fraction of sp³-hybridized carbons (Fsp3) is 0.143. The first-order valence-corrected chi connectivity index (χ1v) is 8.69. The molecule has 0 aliphatic rings. The fourth-order valence-corrected chi connectivity index (χ4v) is 2.98. The van der Waals surface area contributed by atoms with Crippen LogP contribution < -0.4 is 5.73 Å². The van der Waals surface area contributed by atoms with E-state index in [1.807, 2.05) is 53.6 Å². The zero-order valence-corrected chi connectivity index (χ0v) is 14.5. The van der Waals surface area contributed by atoms with Crippen LogP contribution in [0.5, 0.6) is 0 Å². The molecule has 2 aromatic carbocycles. The Morgan fingerprint density at radius 2 is 1.65 bits per heavy atom. The lowest BCUT2D eigenvalue weighted by atomic mass is 10.1. The van der Waals surface area contributed by atoms with Crippen LogP contribution in [-0.2, 0) is 19.5 Å². The second-order valence-corrected chi connectivity index (χ2v) is 6.30.